The summed E-state index contributed by atoms with van der Waals surface area (Å²) in [5.74, 6) is -6.63. The van der Waals surface area contributed by atoms with Gasteiger partial charge in [-0.05, 0) is 12.1 Å². The van der Waals surface area contributed by atoms with Crippen LogP contribution in [0.1, 0.15) is 15.9 Å². The minimum Gasteiger partial charge on any atom is -0.320 e. The third kappa shape index (κ3) is 3.88. The standard InChI is InChI=1S/C21H9ClF4N6O/c1-2-10-8-27-4-3-12(10)14-16(23)18(25)15(19(26)17(14)24)21(33)31-11-7-13(22)20(28-9-11)32-29-5-6-30-32/h1,3-9H,(H,31,33). The van der Waals surface area contributed by atoms with Crippen LogP contribution in [0, 0.1) is 35.6 Å². The highest BCUT2D eigenvalue weighted by Gasteiger charge is 2.31. The van der Waals surface area contributed by atoms with Gasteiger partial charge < -0.3 is 5.32 Å². The van der Waals surface area contributed by atoms with Crippen molar-refractivity contribution in [3.05, 3.63) is 82.5 Å². The molecule has 0 unspecified atom stereocenters. The monoisotopic (exact) mass is 472 g/mol. The topological polar surface area (TPSA) is 85.6 Å². The average molecular weight is 473 g/mol. The summed E-state index contributed by atoms with van der Waals surface area (Å²) in [6.45, 7) is 0. The average Bonchev–Trinajstić information content (AvgIpc) is 3.33. The highest BCUT2D eigenvalue weighted by molar-refractivity contribution is 6.32. The van der Waals surface area contributed by atoms with E-state index in [1.54, 1.807) is 0 Å². The van der Waals surface area contributed by atoms with Gasteiger partial charge in [0.2, 0.25) is 0 Å². The number of amides is 1. The van der Waals surface area contributed by atoms with Crippen LogP contribution in [0.5, 0.6) is 0 Å². The van der Waals surface area contributed by atoms with Crippen molar-refractivity contribution in [2.75, 3.05) is 5.32 Å². The quantitative estimate of drug-likeness (QED) is 0.274. The maximum Gasteiger partial charge on any atom is 0.261 e. The number of terminal acetylenes is 1. The molecule has 1 amide bonds. The van der Waals surface area contributed by atoms with Crippen LogP contribution in [0.25, 0.3) is 16.9 Å². The molecule has 0 atom stereocenters. The molecule has 0 bridgehead atoms. The van der Waals surface area contributed by atoms with Crippen LogP contribution in [-0.4, -0.2) is 30.9 Å². The molecule has 0 radical (unpaired) electrons. The van der Waals surface area contributed by atoms with Gasteiger partial charge >= 0.3 is 0 Å². The van der Waals surface area contributed by atoms with Gasteiger partial charge in [0.1, 0.15) is 5.56 Å². The van der Waals surface area contributed by atoms with E-state index in [1.165, 1.54) is 18.5 Å². The van der Waals surface area contributed by atoms with Crippen LogP contribution < -0.4 is 5.32 Å². The second-order valence-electron chi connectivity index (χ2n) is 6.37. The Morgan fingerprint density at radius 3 is 2.30 bits per heavy atom. The summed E-state index contributed by atoms with van der Waals surface area (Å²) in [7, 11) is 0. The first-order valence-corrected chi connectivity index (χ1v) is 9.31. The van der Waals surface area contributed by atoms with Crippen molar-refractivity contribution >= 4 is 23.2 Å². The first-order chi connectivity index (χ1) is 15.8. The molecule has 12 heteroatoms. The molecule has 164 valence electrons. The van der Waals surface area contributed by atoms with Crippen molar-refractivity contribution in [1.82, 2.24) is 25.0 Å². The number of nitrogens with zero attached hydrogens (tertiary/aromatic N) is 5. The lowest BCUT2D eigenvalue weighted by molar-refractivity contribution is 0.101. The van der Waals surface area contributed by atoms with Crippen molar-refractivity contribution in [1.29, 1.82) is 0 Å². The zero-order valence-corrected chi connectivity index (χ0v) is 16.9. The van der Waals surface area contributed by atoms with Gasteiger partial charge in [-0.15, -0.1) is 11.2 Å². The molecule has 0 aliphatic heterocycles. The normalized spacial score (nSPS) is 10.7. The van der Waals surface area contributed by atoms with Crippen LogP contribution in [0.15, 0.2) is 43.1 Å². The molecule has 7 nitrogen and oxygen atoms in total. The second-order valence-corrected chi connectivity index (χ2v) is 6.78. The van der Waals surface area contributed by atoms with Gasteiger partial charge in [-0.1, -0.05) is 17.5 Å². The molecule has 1 aromatic carbocycles. The zero-order chi connectivity index (χ0) is 23.7. The maximum atomic E-state index is 14.8. The largest absolute Gasteiger partial charge is 0.320 e. The highest BCUT2D eigenvalue weighted by atomic mass is 35.5. The third-order valence-electron chi connectivity index (χ3n) is 4.42. The van der Waals surface area contributed by atoms with E-state index >= 15 is 0 Å². The number of anilines is 1. The molecular weight excluding hydrogens is 464 g/mol. The molecule has 4 rings (SSSR count). The zero-order valence-electron chi connectivity index (χ0n) is 16.2. The smallest absolute Gasteiger partial charge is 0.261 e. The second kappa shape index (κ2) is 8.68. The number of rotatable bonds is 4. The van der Waals surface area contributed by atoms with Gasteiger partial charge in [0.25, 0.3) is 5.91 Å². The lowest BCUT2D eigenvalue weighted by Gasteiger charge is -2.13. The summed E-state index contributed by atoms with van der Waals surface area (Å²) >= 11 is 6.08. The SMILES string of the molecule is C#Cc1cnccc1-c1c(F)c(F)c(C(=O)Nc2cnc(-n3nccn3)c(Cl)c2)c(F)c1F. The summed E-state index contributed by atoms with van der Waals surface area (Å²) in [6.07, 6.45) is 11.4. The lowest BCUT2D eigenvalue weighted by atomic mass is 9.98. The number of aromatic nitrogens is 5. The van der Waals surface area contributed by atoms with Gasteiger partial charge in [-0.25, -0.2) is 22.5 Å². The minimum atomic E-state index is -1.90. The van der Waals surface area contributed by atoms with Gasteiger partial charge in [0, 0.05) is 18.0 Å². The Labute approximate surface area is 188 Å². The minimum absolute atomic E-state index is 0.0165. The van der Waals surface area contributed by atoms with E-state index in [2.05, 4.69) is 31.4 Å². The van der Waals surface area contributed by atoms with Crippen molar-refractivity contribution in [3.8, 4) is 29.3 Å². The number of pyridine rings is 2. The fourth-order valence-electron chi connectivity index (χ4n) is 2.96. The molecule has 4 aromatic rings. The fraction of sp³-hybridized carbons (Fsp3) is 0. The summed E-state index contributed by atoms with van der Waals surface area (Å²) in [5, 5.41) is 9.77. The predicted molar refractivity (Wildman–Crippen MR) is 110 cm³/mol. The lowest BCUT2D eigenvalue weighted by Crippen LogP contribution is -2.19. The Morgan fingerprint density at radius 1 is 1.03 bits per heavy atom. The van der Waals surface area contributed by atoms with Crippen LogP contribution in [0.2, 0.25) is 5.02 Å². The molecule has 0 fully saturated rings. The molecule has 0 aliphatic carbocycles. The molecular formula is C21H9ClF4N6O. The van der Waals surface area contributed by atoms with Crippen LogP contribution >= 0.6 is 11.6 Å². The summed E-state index contributed by atoms with van der Waals surface area (Å²) in [4.78, 5) is 21.2. The Morgan fingerprint density at radius 2 is 1.70 bits per heavy atom. The number of carbonyl (C=O) groups excluding carboxylic acids is 1. The van der Waals surface area contributed by atoms with Gasteiger partial charge in [-0.3, -0.25) is 9.78 Å². The Bertz CT molecular complexity index is 1410. The van der Waals surface area contributed by atoms with Crippen molar-refractivity contribution < 1.29 is 22.4 Å². The maximum absolute atomic E-state index is 14.8. The molecule has 3 heterocycles. The molecule has 0 aliphatic rings. The third-order valence-corrected chi connectivity index (χ3v) is 4.70. The Balaban J connectivity index is 1.72. The van der Waals surface area contributed by atoms with Gasteiger partial charge in [-0.2, -0.15) is 10.2 Å². The molecule has 1 N–H and O–H groups in total. The molecule has 0 saturated heterocycles. The fourth-order valence-corrected chi connectivity index (χ4v) is 3.20. The van der Waals surface area contributed by atoms with Crippen molar-refractivity contribution in [3.63, 3.8) is 0 Å². The Hall–Kier alpha value is -4.30. The van der Waals surface area contributed by atoms with E-state index in [-0.39, 0.29) is 27.7 Å². The first-order valence-electron chi connectivity index (χ1n) is 8.94. The molecule has 33 heavy (non-hydrogen) atoms. The Kier molecular flexibility index (Phi) is 5.76. The molecule has 0 spiro atoms. The van der Waals surface area contributed by atoms with Gasteiger partial charge in [0.15, 0.2) is 29.1 Å². The van der Waals surface area contributed by atoms with Crippen LogP contribution in [0.4, 0.5) is 23.2 Å². The van der Waals surface area contributed by atoms with E-state index in [1.807, 2.05) is 0 Å². The van der Waals surface area contributed by atoms with Crippen molar-refractivity contribution in [2.24, 2.45) is 0 Å². The number of nitrogens with one attached hydrogen (secondary N) is 1. The molecule has 0 saturated carbocycles. The number of hydrogen-bond donors (Lipinski definition) is 1. The summed E-state index contributed by atoms with van der Waals surface area (Å²) in [5.41, 5.74) is -3.03. The van der Waals surface area contributed by atoms with Crippen molar-refractivity contribution in [2.45, 2.75) is 0 Å². The number of halogens is 5. The first kappa shape index (κ1) is 21.9. The van der Waals surface area contributed by atoms with E-state index in [0.717, 1.165) is 29.5 Å². The van der Waals surface area contributed by atoms with E-state index in [9.17, 15) is 22.4 Å². The number of carbonyl (C=O) groups is 1. The van der Waals surface area contributed by atoms with E-state index < -0.39 is 40.3 Å². The highest BCUT2D eigenvalue weighted by Crippen LogP contribution is 2.34. The van der Waals surface area contributed by atoms with Gasteiger partial charge in [0.05, 0.1) is 40.4 Å². The summed E-state index contributed by atoms with van der Waals surface area (Å²) in [6, 6.07) is 2.29. The predicted octanol–water partition coefficient (Wildman–Crippen LogP) is 4.17. The van der Waals surface area contributed by atoms with E-state index in [4.69, 9.17) is 18.0 Å². The van der Waals surface area contributed by atoms with Crippen LogP contribution in [-0.2, 0) is 0 Å². The van der Waals surface area contributed by atoms with E-state index in [0.29, 0.717) is 0 Å². The summed E-state index contributed by atoms with van der Waals surface area (Å²) < 4.78 is 59.0. The van der Waals surface area contributed by atoms with Crippen LogP contribution in [0.3, 0.4) is 0 Å². The number of hydrogen-bond acceptors (Lipinski definition) is 5. The number of benzene rings is 1. The molecule has 3 aromatic heterocycles.